The number of carbonyl (C=O) groups is 2. The largest absolute Gasteiger partial charge is 0.449 e. The van der Waals surface area contributed by atoms with Crippen molar-refractivity contribution in [3.63, 3.8) is 0 Å². The Labute approximate surface area is 124 Å². The van der Waals surface area contributed by atoms with Gasteiger partial charge in [-0.15, -0.1) is 0 Å². The van der Waals surface area contributed by atoms with E-state index >= 15 is 0 Å². The molecule has 0 aliphatic heterocycles. The highest BCUT2D eigenvalue weighted by Gasteiger charge is 2.52. The molecule has 0 aromatic carbocycles. The van der Waals surface area contributed by atoms with E-state index in [0.29, 0.717) is 5.92 Å². The summed E-state index contributed by atoms with van der Waals surface area (Å²) in [7, 11) is 0. The van der Waals surface area contributed by atoms with Gasteiger partial charge in [-0.2, -0.15) is 0 Å². The quantitative estimate of drug-likeness (QED) is 0.643. The number of nitrogens with one attached hydrogen (secondary N) is 1. The highest BCUT2D eigenvalue weighted by molar-refractivity contribution is 6.17. The van der Waals surface area contributed by atoms with Crippen LogP contribution in [-0.2, 0) is 14.3 Å². The number of hydrogen-bond acceptors (Lipinski definition) is 4. The lowest BCUT2D eigenvalue weighted by Crippen LogP contribution is -2.48. The van der Waals surface area contributed by atoms with Crippen molar-refractivity contribution < 1.29 is 19.1 Å². The Kier molecular flexibility index (Phi) is 4.47. The normalized spacial score (nSPS) is 32.0. The Balaban J connectivity index is 2.01. The second-order valence-corrected chi connectivity index (χ2v) is 6.82. The maximum atomic E-state index is 12.0. The molecule has 1 N–H and O–H groups in total. The van der Waals surface area contributed by atoms with Crippen molar-refractivity contribution in [3.05, 3.63) is 0 Å². The first kappa shape index (κ1) is 15.4. The maximum Gasteiger partial charge on any atom is 0.407 e. The molecule has 0 aromatic heterocycles. The molecule has 114 valence electrons. The molecule has 2 unspecified atom stereocenters. The molecule has 20 heavy (non-hydrogen) atoms. The van der Waals surface area contributed by atoms with E-state index < -0.39 is 11.7 Å². The number of halogens is 1. The van der Waals surface area contributed by atoms with E-state index in [-0.39, 0.29) is 29.9 Å². The average Bonchev–Trinajstić information content (AvgIpc) is 2.86. The van der Waals surface area contributed by atoms with Gasteiger partial charge in [0.2, 0.25) is 0 Å². The predicted molar refractivity (Wildman–Crippen MR) is 74.3 cm³/mol. The van der Waals surface area contributed by atoms with Crippen LogP contribution in [0, 0.1) is 17.8 Å². The smallest absolute Gasteiger partial charge is 0.407 e. The SMILES string of the molecule is CC(C)(C)OC(=O)N[C@@H]1C2CCC(C2)[C@H]1C(=O)OCCl. The molecule has 5 nitrogen and oxygen atoms in total. The summed E-state index contributed by atoms with van der Waals surface area (Å²) in [5.41, 5.74) is -0.548. The zero-order chi connectivity index (χ0) is 14.9. The molecule has 2 aliphatic rings. The zero-order valence-corrected chi connectivity index (χ0v) is 12.9. The van der Waals surface area contributed by atoms with Crippen LogP contribution >= 0.6 is 11.6 Å². The van der Waals surface area contributed by atoms with Crippen molar-refractivity contribution >= 4 is 23.7 Å². The Morgan fingerprint density at radius 2 is 1.90 bits per heavy atom. The van der Waals surface area contributed by atoms with Crippen molar-refractivity contribution in [2.24, 2.45) is 17.8 Å². The van der Waals surface area contributed by atoms with Gasteiger partial charge in [0.05, 0.1) is 5.92 Å². The number of amides is 1. The third-order valence-corrected chi connectivity index (χ3v) is 4.18. The second kappa shape index (κ2) is 5.80. The molecule has 0 aromatic rings. The van der Waals surface area contributed by atoms with Crippen molar-refractivity contribution in [1.29, 1.82) is 0 Å². The third-order valence-electron chi connectivity index (χ3n) is 4.07. The number of carbonyl (C=O) groups excluding carboxylic acids is 2. The van der Waals surface area contributed by atoms with Crippen LogP contribution in [0.5, 0.6) is 0 Å². The van der Waals surface area contributed by atoms with E-state index in [4.69, 9.17) is 21.1 Å². The van der Waals surface area contributed by atoms with Gasteiger partial charge in [-0.25, -0.2) is 4.79 Å². The van der Waals surface area contributed by atoms with Gasteiger partial charge in [-0.05, 0) is 51.9 Å². The lowest BCUT2D eigenvalue weighted by molar-refractivity contribution is -0.149. The van der Waals surface area contributed by atoms with E-state index in [1.807, 2.05) is 20.8 Å². The maximum absolute atomic E-state index is 12.0. The summed E-state index contributed by atoms with van der Waals surface area (Å²) in [5.74, 6) is 0.0179. The van der Waals surface area contributed by atoms with Crippen molar-refractivity contribution in [1.82, 2.24) is 5.32 Å². The number of alkyl carbamates (subject to hydrolysis) is 1. The van der Waals surface area contributed by atoms with E-state index in [1.165, 1.54) is 0 Å². The highest BCUT2D eigenvalue weighted by atomic mass is 35.5. The molecule has 1 amide bonds. The zero-order valence-electron chi connectivity index (χ0n) is 12.1. The van der Waals surface area contributed by atoms with Gasteiger partial charge in [0, 0.05) is 6.04 Å². The molecule has 2 saturated carbocycles. The van der Waals surface area contributed by atoms with Crippen LogP contribution in [0.1, 0.15) is 40.0 Å². The average molecular weight is 304 g/mol. The fourth-order valence-electron chi connectivity index (χ4n) is 3.43. The molecule has 0 heterocycles. The first-order chi connectivity index (χ1) is 9.31. The highest BCUT2D eigenvalue weighted by Crippen LogP contribution is 2.49. The molecular formula is C14H22ClNO4. The summed E-state index contributed by atoms with van der Waals surface area (Å²) in [6, 6.07) is -0.342. The fourth-order valence-corrected chi connectivity index (χ4v) is 3.54. The molecule has 2 aliphatic carbocycles. The molecule has 0 radical (unpaired) electrons. The monoisotopic (exact) mass is 303 g/mol. The van der Waals surface area contributed by atoms with E-state index in [1.54, 1.807) is 0 Å². The lowest BCUT2D eigenvalue weighted by Gasteiger charge is -2.30. The van der Waals surface area contributed by atoms with Crippen molar-refractivity contribution in [2.45, 2.75) is 51.7 Å². The third kappa shape index (κ3) is 3.37. The summed E-state index contributed by atoms with van der Waals surface area (Å²) < 4.78 is 10.2. The minimum Gasteiger partial charge on any atom is -0.449 e. The first-order valence-corrected chi connectivity index (χ1v) is 7.57. The van der Waals surface area contributed by atoms with Crippen molar-refractivity contribution in [3.8, 4) is 0 Å². The van der Waals surface area contributed by atoms with Crippen LogP contribution in [0.15, 0.2) is 0 Å². The second-order valence-electron chi connectivity index (χ2n) is 6.60. The van der Waals surface area contributed by atoms with Gasteiger partial charge >= 0.3 is 12.1 Å². The minimum atomic E-state index is -0.548. The van der Waals surface area contributed by atoms with Crippen LogP contribution in [0.3, 0.4) is 0 Å². The van der Waals surface area contributed by atoms with Crippen LogP contribution in [0.2, 0.25) is 0 Å². The van der Waals surface area contributed by atoms with Gasteiger partial charge in [0.1, 0.15) is 5.60 Å². The Hall–Kier alpha value is -0.970. The number of ether oxygens (including phenoxy) is 2. The number of rotatable bonds is 3. The Morgan fingerprint density at radius 1 is 1.25 bits per heavy atom. The van der Waals surface area contributed by atoms with Crippen molar-refractivity contribution in [2.75, 3.05) is 6.07 Å². The molecular weight excluding hydrogens is 282 g/mol. The van der Waals surface area contributed by atoms with Gasteiger partial charge in [0.15, 0.2) is 6.07 Å². The molecule has 2 fully saturated rings. The van der Waals surface area contributed by atoms with Crippen LogP contribution < -0.4 is 5.32 Å². The van der Waals surface area contributed by atoms with Crippen LogP contribution in [0.4, 0.5) is 4.79 Å². The number of esters is 1. The van der Waals surface area contributed by atoms with Gasteiger partial charge in [0.25, 0.3) is 0 Å². The molecule has 6 heteroatoms. The van der Waals surface area contributed by atoms with E-state index in [0.717, 1.165) is 19.3 Å². The summed E-state index contributed by atoms with van der Waals surface area (Å²) >= 11 is 5.46. The summed E-state index contributed by atoms with van der Waals surface area (Å²) in [4.78, 5) is 23.9. The summed E-state index contributed by atoms with van der Waals surface area (Å²) in [6.45, 7) is 5.44. The predicted octanol–water partition coefficient (Wildman–Crippen LogP) is 2.67. The fraction of sp³-hybridized carbons (Fsp3) is 0.857. The minimum absolute atomic E-state index is 0.147. The number of fused-ring (bicyclic) bond motifs is 2. The lowest BCUT2D eigenvalue weighted by atomic mass is 9.84. The molecule has 0 spiro atoms. The van der Waals surface area contributed by atoms with Gasteiger partial charge < -0.3 is 14.8 Å². The summed E-state index contributed by atoms with van der Waals surface area (Å²) in [6.07, 6.45) is 2.54. The topological polar surface area (TPSA) is 64.6 Å². The number of hydrogen-bond donors (Lipinski definition) is 1. The van der Waals surface area contributed by atoms with Crippen LogP contribution in [-0.4, -0.2) is 29.8 Å². The Bertz CT molecular complexity index is 393. The molecule has 0 saturated heterocycles. The van der Waals surface area contributed by atoms with Gasteiger partial charge in [-0.1, -0.05) is 11.6 Å². The van der Waals surface area contributed by atoms with E-state index in [9.17, 15) is 9.59 Å². The molecule has 2 bridgehead atoms. The Morgan fingerprint density at radius 3 is 2.50 bits per heavy atom. The standard InChI is InChI=1S/C14H22ClNO4/c1-14(2,3)20-13(18)16-11-9-5-4-8(6-9)10(11)12(17)19-7-15/h8-11H,4-7H2,1-3H3,(H,16,18)/t8?,9?,10-,11-/m1/s1. The van der Waals surface area contributed by atoms with Crippen LogP contribution in [0.25, 0.3) is 0 Å². The number of alkyl halides is 1. The first-order valence-electron chi connectivity index (χ1n) is 7.04. The molecule has 2 rings (SSSR count). The summed E-state index contributed by atoms with van der Waals surface area (Å²) in [5, 5.41) is 2.85. The van der Waals surface area contributed by atoms with Gasteiger partial charge in [-0.3, -0.25) is 4.79 Å². The molecule has 4 atom stereocenters. The van der Waals surface area contributed by atoms with E-state index in [2.05, 4.69) is 5.32 Å².